The highest BCUT2D eigenvalue weighted by Crippen LogP contribution is 2.32. The number of nitrogens with one attached hydrogen (secondary N) is 3. The van der Waals surface area contributed by atoms with Crippen molar-refractivity contribution in [3.05, 3.63) is 71.0 Å². The van der Waals surface area contributed by atoms with Crippen molar-refractivity contribution in [3.8, 4) is 0 Å². The van der Waals surface area contributed by atoms with Gasteiger partial charge in [-0.05, 0) is 86.4 Å². The monoisotopic (exact) mass is 538 g/mol. The minimum absolute atomic E-state index is 0.0819. The first-order valence-corrected chi connectivity index (χ1v) is 14.2. The molecule has 2 aromatic carbocycles. The molecule has 1 aliphatic carbocycles. The third-order valence-electron chi connectivity index (χ3n) is 7.54. The summed E-state index contributed by atoms with van der Waals surface area (Å²) < 4.78 is 13.6. The second-order valence-corrected chi connectivity index (χ2v) is 10.4. The van der Waals surface area contributed by atoms with E-state index in [0.717, 1.165) is 49.3 Å². The number of hydrogen-bond acceptors (Lipinski definition) is 6. The highest BCUT2D eigenvalue weighted by molar-refractivity contribution is 6.31. The number of nitrogens with zero attached hydrogens (tertiary/aromatic N) is 3. The van der Waals surface area contributed by atoms with Crippen molar-refractivity contribution in [1.82, 2.24) is 25.5 Å². The van der Waals surface area contributed by atoms with Crippen molar-refractivity contribution in [2.24, 2.45) is 5.92 Å². The topological polar surface area (TPSA) is 65.1 Å². The van der Waals surface area contributed by atoms with Gasteiger partial charge in [0, 0.05) is 43.3 Å². The van der Waals surface area contributed by atoms with Crippen molar-refractivity contribution in [1.29, 1.82) is 0 Å². The normalized spacial score (nSPS) is 19.2. The molecule has 0 bridgehead atoms. The number of benzene rings is 2. The van der Waals surface area contributed by atoms with E-state index in [1.807, 2.05) is 13.8 Å². The van der Waals surface area contributed by atoms with Gasteiger partial charge >= 0.3 is 0 Å². The minimum Gasteiger partial charge on any atom is -0.370 e. The molecule has 1 saturated carbocycles. The minimum atomic E-state index is -0.438. The van der Waals surface area contributed by atoms with Crippen LogP contribution >= 0.6 is 11.6 Å². The van der Waals surface area contributed by atoms with Gasteiger partial charge in [-0.15, -0.1) is 0 Å². The Kier molecular flexibility index (Phi) is 9.80. The molecule has 3 N–H and O–H groups in total. The Bertz CT molecular complexity index is 1240. The number of aryl methyl sites for hydroxylation is 1. The van der Waals surface area contributed by atoms with E-state index >= 15 is 0 Å². The van der Waals surface area contributed by atoms with Gasteiger partial charge in [-0.25, -0.2) is 14.4 Å². The summed E-state index contributed by atoms with van der Waals surface area (Å²) in [4.78, 5) is 11.3. The van der Waals surface area contributed by atoms with E-state index in [1.54, 1.807) is 18.5 Å². The molecular formula is C30H40ClFN6. The number of aromatic nitrogens is 2. The van der Waals surface area contributed by atoms with Gasteiger partial charge in [0.2, 0.25) is 0 Å². The smallest absolute Gasteiger partial charge is 0.141 e. The van der Waals surface area contributed by atoms with Crippen LogP contribution in [0.3, 0.4) is 0 Å². The molecule has 3 aromatic rings. The highest BCUT2D eigenvalue weighted by atomic mass is 35.5. The van der Waals surface area contributed by atoms with Crippen LogP contribution in [-0.4, -0.2) is 47.1 Å². The van der Waals surface area contributed by atoms with Gasteiger partial charge in [0.1, 0.15) is 18.0 Å². The fourth-order valence-corrected chi connectivity index (χ4v) is 5.58. The fourth-order valence-electron chi connectivity index (χ4n) is 5.40. The Morgan fingerprint density at radius 3 is 2.63 bits per heavy atom. The van der Waals surface area contributed by atoms with Crippen molar-refractivity contribution < 1.29 is 4.39 Å². The van der Waals surface area contributed by atoms with Crippen molar-refractivity contribution in [2.75, 3.05) is 31.5 Å². The van der Waals surface area contributed by atoms with Crippen LogP contribution in [0.1, 0.15) is 50.7 Å². The van der Waals surface area contributed by atoms with Crippen LogP contribution in [0.4, 0.5) is 15.9 Å². The molecule has 2 fully saturated rings. The van der Waals surface area contributed by atoms with Gasteiger partial charge < -0.3 is 20.9 Å². The lowest BCUT2D eigenvalue weighted by atomic mass is 9.81. The summed E-state index contributed by atoms with van der Waals surface area (Å²) in [6, 6.07) is 9.56. The number of anilines is 2. The molecule has 2 aliphatic rings. The molecule has 204 valence electrons. The Labute approximate surface area is 231 Å². The van der Waals surface area contributed by atoms with E-state index in [1.165, 1.54) is 42.9 Å². The van der Waals surface area contributed by atoms with Crippen molar-refractivity contribution in [3.63, 3.8) is 0 Å². The average molecular weight is 539 g/mol. The standard InChI is InChI=1S/C28H34ClFN6.C2H6/c1-18-13-27-24(28(34-17-33-27)35-23-7-8-26(30)25(29)16-23)15-21(18)14-20-3-5-22(6-4-20)32-10-12-36-11-9-31-19(36)2;1-2/h7-8,13,15-17,20,22,31-32H,2-6,9-12,14H2,1H3,(H,33,34,35);1-2H3. The van der Waals surface area contributed by atoms with Gasteiger partial charge in [0.15, 0.2) is 0 Å². The zero-order valence-electron chi connectivity index (χ0n) is 22.8. The maximum Gasteiger partial charge on any atom is 0.141 e. The van der Waals surface area contributed by atoms with E-state index in [2.05, 4.69) is 56.5 Å². The molecule has 1 saturated heterocycles. The van der Waals surface area contributed by atoms with Crippen LogP contribution in [0.2, 0.25) is 5.02 Å². The summed E-state index contributed by atoms with van der Waals surface area (Å²) in [5.41, 5.74) is 4.19. The lowest BCUT2D eigenvalue weighted by Gasteiger charge is -2.30. The molecule has 0 atom stereocenters. The van der Waals surface area contributed by atoms with Gasteiger partial charge in [-0.3, -0.25) is 0 Å². The van der Waals surface area contributed by atoms with Crippen LogP contribution in [0.5, 0.6) is 0 Å². The van der Waals surface area contributed by atoms with Crippen LogP contribution in [0, 0.1) is 18.7 Å². The second-order valence-electron chi connectivity index (χ2n) is 10.0. The quantitative estimate of drug-likeness (QED) is 0.301. The molecule has 38 heavy (non-hydrogen) atoms. The highest BCUT2D eigenvalue weighted by Gasteiger charge is 2.22. The van der Waals surface area contributed by atoms with Crippen LogP contribution < -0.4 is 16.0 Å². The van der Waals surface area contributed by atoms with E-state index in [9.17, 15) is 4.39 Å². The molecule has 8 heteroatoms. The summed E-state index contributed by atoms with van der Waals surface area (Å²) in [6.45, 7) is 14.3. The van der Waals surface area contributed by atoms with Crippen molar-refractivity contribution in [2.45, 2.75) is 58.9 Å². The average Bonchev–Trinajstić information content (AvgIpc) is 3.33. The molecule has 0 unspecified atom stereocenters. The first-order chi connectivity index (χ1) is 18.5. The molecule has 0 spiro atoms. The van der Waals surface area contributed by atoms with E-state index in [-0.39, 0.29) is 5.02 Å². The van der Waals surface area contributed by atoms with Gasteiger partial charge in [-0.2, -0.15) is 0 Å². The molecular weight excluding hydrogens is 499 g/mol. The number of hydrogen-bond donors (Lipinski definition) is 3. The Hall–Kier alpha value is -2.90. The maximum absolute atomic E-state index is 13.6. The van der Waals surface area contributed by atoms with E-state index in [4.69, 9.17) is 11.6 Å². The van der Waals surface area contributed by atoms with Crippen LogP contribution in [-0.2, 0) is 6.42 Å². The second kappa shape index (κ2) is 13.3. The SMILES string of the molecule is C=C1NCCN1CCNC1CCC(Cc2cc3c(Nc4ccc(F)c(Cl)c4)ncnc3cc2C)CC1.CC. The molecule has 1 aliphatic heterocycles. The third kappa shape index (κ3) is 6.94. The van der Waals surface area contributed by atoms with Crippen molar-refractivity contribution >= 4 is 34.0 Å². The summed E-state index contributed by atoms with van der Waals surface area (Å²) in [5.74, 6) is 2.00. The number of fused-ring (bicyclic) bond motifs is 1. The van der Waals surface area contributed by atoms with E-state index < -0.39 is 5.82 Å². The predicted octanol–water partition coefficient (Wildman–Crippen LogP) is 6.57. The zero-order valence-corrected chi connectivity index (χ0v) is 23.5. The number of halogens is 2. The summed E-state index contributed by atoms with van der Waals surface area (Å²) in [7, 11) is 0. The van der Waals surface area contributed by atoms with Gasteiger partial charge in [0.05, 0.1) is 16.4 Å². The first-order valence-electron chi connectivity index (χ1n) is 13.8. The predicted molar refractivity (Wildman–Crippen MR) is 156 cm³/mol. The molecule has 2 heterocycles. The van der Waals surface area contributed by atoms with Gasteiger partial charge in [-0.1, -0.05) is 32.0 Å². The lowest BCUT2D eigenvalue weighted by Crippen LogP contribution is -2.38. The Morgan fingerprint density at radius 1 is 1.13 bits per heavy atom. The molecule has 0 amide bonds. The molecule has 1 aromatic heterocycles. The Balaban J connectivity index is 0.00000164. The summed E-state index contributed by atoms with van der Waals surface area (Å²) >= 11 is 5.97. The molecule has 6 nitrogen and oxygen atoms in total. The molecule has 0 radical (unpaired) electrons. The van der Waals surface area contributed by atoms with E-state index in [0.29, 0.717) is 23.5 Å². The lowest BCUT2D eigenvalue weighted by molar-refractivity contribution is 0.280. The maximum atomic E-state index is 13.6. The molecule has 5 rings (SSSR count). The number of rotatable bonds is 8. The first kappa shape index (κ1) is 28.1. The van der Waals surface area contributed by atoms with Crippen LogP contribution in [0.25, 0.3) is 10.9 Å². The van der Waals surface area contributed by atoms with Crippen LogP contribution in [0.15, 0.2) is 49.1 Å². The largest absolute Gasteiger partial charge is 0.370 e. The van der Waals surface area contributed by atoms with Gasteiger partial charge in [0.25, 0.3) is 0 Å². The fraction of sp³-hybridized carbons (Fsp3) is 0.467. The Morgan fingerprint density at radius 2 is 1.92 bits per heavy atom. The summed E-state index contributed by atoms with van der Waals surface area (Å²) in [5, 5.41) is 11.4. The third-order valence-corrected chi connectivity index (χ3v) is 7.83. The summed E-state index contributed by atoms with van der Waals surface area (Å²) in [6.07, 6.45) is 7.52. The zero-order chi connectivity index (χ0) is 27.1.